The van der Waals surface area contributed by atoms with Gasteiger partial charge in [-0.3, -0.25) is 19.4 Å². The van der Waals surface area contributed by atoms with E-state index in [4.69, 9.17) is 5.73 Å². The van der Waals surface area contributed by atoms with Gasteiger partial charge < -0.3 is 16.0 Å². The van der Waals surface area contributed by atoms with Crippen molar-refractivity contribution in [3.8, 4) is 0 Å². The number of thiazole rings is 1. The number of hydrogen-bond donors (Lipinski definition) is 2. The van der Waals surface area contributed by atoms with Crippen LogP contribution in [-0.4, -0.2) is 71.1 Å². The number of nitrogens with zero attached hydrogens (tertiary/aromatic N) is 3. The molecule has 12 heteroatoms. The Morgan fingerprint density at radius 3 is 2.33 bits per heavy atom. The highest BCUT2D eigenvalue weighted by molar-refractivity contribution is 7.93. The third kappa shape index (κ3) is 8.18. The van der Waals surface area contributed by atoms with Crippen molar-refractivity contribution in [2.45, 2.75) is 43.9 Å². The van der Waals surface area contributed by atoms with E-state index < -0.39 is 50.0 Å². The third-order valence-corrected chi connectivity index (χ3v) is 9.95. The second-order valence-electron chi connectivity index (χ2n) is 10.1. The Morgan fingerprint density at radius 2 is 1.73 bits per heavy atom. The zero-order chi connectivity index (χ0) is 29.3. The molecule has 0 radical (unpaired) electrons. The molecule has 3 aromatic rings. The molecule has 0 saturated carbocycles. The molecule has 0 spiro atoms. The number of nitrogens with two attached hydrogens (primary N) is 1. The first-order chi connectivity index (χ1) is 18.9. The van der Waals surface area contributed by atoms with Crippen molar-refractivity contribution in [2.24, 2.45) is 11.7 Å². The van der Waals surface area contributed by atoms with E-state index in [2.05, 4.69) is 15.3 Å². The van der Waals surface area contributed by atoms with Crippen LogP contribution in [-0.2, 0) is 43.5 Å². The summed E-state index contributed by atoms with van der Waals surface area (Å²) < 4.78 is 25.6. The summed E-state index contributed by atoms with van der Waals surface area (Å²) in [4.78, 5) is 48.7. The van der Waals surface area contributed by atoms with E-state index in [9.17, 15) is 22.8 Å². The van der Waals surface area contributed by atoms with Crippen molar-refractivity contribution >= 4 is 38.9 Å². The van der Waals surface area contributed by atoms with E-state index in [0.717, 1.165) is 11.3 Å². The summed E-state index contributed by atoms with van der Waals surface area (Å²) in [5.41, 5.74) is 9.25. The van der Waals surface area contributed by atoms with E-state index in [-0.39, 0.29) is 19.4 Å². The molecule has 10 nitrogen and oxygen atoms in total. The first kappa shape index (κ1) is 30.9. The summed E-state index contributed by atoms with van der Waals surface area (Å²) in [7, 11) is -2.60. The van der Waals surface area contributed by atoms with E-state index in [1.165, 1.54) is 30.1 Å². The highest BCUT2D eigenvalue weighted by atomic mass is 32.2. The number of amides is 3. The van der Waals surface area contributed by atoms with Crippen molar-refractivity contribution < 1.29 is 22.8 Å². The Labute approximate surface area is 238 Å². The second-order valence-corrected chi connectivity index (χ2v) is 13.4. The fraction of sp³-hybridized carbons (Fsp3) is 0.393. The summed E-state index contributed by atoms with van der Waals surface area (Å²) >= 11 is 1.34. The Morgan fingerprint density at radius 1 is 1.02 bits per heavy atom. The van der Waals surface area contributed by atoms with Gasteiger partial charge in [0.2, 0.25) is 17.7 Å². The second kappa shape index (κ2) is 13.6. The van der Waals surface area contributed by atoms with Crippen LogP contribution in [0, 0.1) is 5.92 Å². The molecule has 0 aliphatic heterocycles. The minimum absolute atomic E-state index is 0.0838. The Bertz CT molecular complexity index is 1380. The largest absolute Gasteiger partial charge is 0.368 e. The van der Waals surface area contributed by atoms with Crippen LogP contribution >= 0.6 is 11.3 Å². The van der Waals surface area contributed by atoms with Crippen LogP contribution in [0.25, 0.3) is 0 Å². The van der Waals surface area contributed by atoms with Crippen LogP contribution < -0.4 is 11.1 Å². The maximum absolute atomic E-state index is 13.7. The molecule has 0 fully saturated rings. The fourth-order valence-electron chi connectivity index (χ4n) is 4.18. The van der Waals surface area contributed by atoms with Gasteiger partial charge in [-0.2, -0.15) is 0 Å². The summed E-state index contributed by atoms with van der Waals surface area (Å²) in [5.74, 6) is -3.65. The number of carbonyl (C=O) groups excluding carboxylic acids is 3. The number of nitrogens with one attached hydrogen (secondary N) is 1. The monoisotopic (exact) mass is 585 g/mol. The number of likely N-dealkylation sites (N-methyl/N-ethyl adjacent to an activating group) is 1. The molecule has 2 aromatic heterocycles. The Kier molecular flexibility index (Phi) is 10.5. The van der Waals surface area contributed by atoms with E-state index in [0.29, 0.717) is 12.1 Å². The first-order valence-electron chi connectivity index (χ1n) is 12.8. The van der Waals surface area contributed by atoms with Gasteiger partial charge >= 0.3 is 0 Å². The molecule has 0 saturated heterocycles. The van der Waals surface area contributed by atoms with Crippen molar-refractivity contribution in [1.29, 1.82) is 0 Å². The lowest BCUT2D eigenvalue weighted by atomic mass is 9.99. The molecule has 0 bridgehead atoms. The number of primary amides is 1. The van der Waals surface area contributed by atoms with Crippen LogP contribution in [0.5, 0.6) is 0 Å². The van der Waals surface area contributed by atoms with Gasteiger partial charge in [0.15, 0.2) is 9.84 Å². The molecule has 1 aromatic carbocycles. The van der Waals surface area contributed by atoms with Gasteiger partial charge in [-0.15, -0.1) is 11.3 Å². The minimum atomic E-state index is -4.15. The lowest BCUT2D eigenvalue weighted by Gasteiger charge is -2.31. The number of hydrogen-bond acceptors (Lipinski definition) is 8. The Balaban J connectivity index is 1.79. The minimum Gasteiger partial charge on any atom is -0.368 e. The summed E-state index contributed by atoms with van der Waals surface area (Å²) in [6, 6.07) is 13.4. The average molecular weight is 586 g/mol. The normalized spacial score (nSPS) is 13.3. The number of rotatable bonds is 14. The molecule has 3 N–H and O–H groups in total. The molecule has 2 heterocycles. The molecule has 0 aliphatic rings. The maximum Gasteiger partial charge on any atom is 0.243 e. The van der Waals surface area contributed by atoms with Crippen molar-refractivity contribution in [2.75, 3.05) is 19.3 Å². The number of pyridine rings is 1. The Hall–Kier alpha value is -3.64. The molecular weight excluding hydrogens is 550 g/mol. The SMILES string of the molecule is CN(CCc1ccccn1)C(=O)C(C)(C)S(=O)(=O)C[C@@H](Cc1ccccc1)C(=O)NC(Cc1cscn1)C(N)=O. The maximum atomic E-state index is 13.7. The van der Waals surface area contributed by atoms with E-state index >= 15 is 0 Å². The predicted octanol–water partition coefficient (Wildman–Crippen LogP) is 1.80. The van der Waals surface area contributed by atoms with Crippen LogP contribution in [0.2, 0.25) is 0 Å². The fourth-order valence-corrected chi connectivity index (χ4v) is 6.39. The highest BCUT2D eigenvalue weighted by Crippen LogP contribution is 2.24. The molecule has 3 rings (SSSR count). The van der Waals surface area contributed by atoms with Crippen LogP contribution in [0.15, 0.2) is 65.6 Å². The lowest BCUT2D eigenvalue weighted by Crippen LogP contribution is -2.53. The number of benzene rings is 1. The summed E-state index contributed by atoms with van der Waals surface area (Å²) in [5, 5.41) is 4.37. The topological polar surface area (TPSA) is 152 Å². The van der Waals surface area contributed by atoms with Crippen molar-refractivity contribution in [1.82, 2.24) is 20.2 Å². The first-order valence-corrected chi connectivity index (χ1v) is 15.4. The van der Waals surface area contributed by atoms with Gasteiger partial charge in [-0.1, -0.05) is 36.4 Å². The van der Waals surface area contributed by atoms with Crippen LogP contribution in [0.1, 0.15) is 30.8 Å². The lowest BCUT2D eigenvalue weighted by molar-refractivity contribution is -0.132. The van der Waals surface area contributed by atoms with Gasteiger partial charge in [0, 0.05) is 43.7 Å². The smallest absolute Gasteiger partial charge is 0.243 e. The van der Waals surface area contributed by atoms with Crippen LogP contribution in [0.4, 0.5) is 0 Å². The summed E-state index contributed by atoms with van der Waals surface area (Å²) in [6.45, 7) is 2.99. The molecule has 3 amide bonds. The number of aromatic nitrogens is 2. The summed E-state index contributed by atoms with van der Waals surface area (Å²) in [6.07, 6.45) is 2.29. The van der Waals surface area contributed by atoms with Crippen molar-refractivity contribution in [3.05, 3.63) is 82.6 Å². The van der Waals surface area contributed by atoms with Gasteiger partial charge in [0.1, 0.15) is 10.8 Å². The molecule has 40 heavy (non-hydrogen) atoms. The quantitative estimate of drug-likeness (QED) is 0.293. The molecule has 1 unspecified atom stereocenters. The van der Waals surface area contributed by atoms with Gasteiger partial charge in [0.05, 0.1) is 22.9 Å². The average Bonchev–Trinajstić information content (AvgIpc) is 3.44. The molecular formula is C28H35N5O5S2. The van der Waals surface area contributed by atoms with E-state index in [1.54, 1.807) is 54.5 Å². The predicted molar refractivity (Wildman–Crippen MR) is 154 cm³/mol. The van der Waals surface area contributed by atoms with Gasteiger partial charge in [0.25, 0.3) is 0 Å². The zero-order valence-corrected chi connectivity index (χ0v) is 24.5. The number of carbonyl (C=O) groups is 3. The molecule has 0 aliphatic carbocycles. The standard InChI is InChI=1S/C28H35N5O5S2/c1-28(2,27(36)33(3)14-12-22-11-7-8-13-30-22)40(37,38)18-21(15-20-9-5-4-6-10-20)26(35)32-24(25(29)34)16-23-17-39-19-31-23/h4-11,13,17,19,21,24H,12,14-16,18H2,1-3H3,(H2,29,34)(H,32,35)/t21-,24?/m1/s1. The van der Waals surface area contributed by atoms with Gasteiger partial charge in [-0.25, -0.2) is 13.4 Å². The van der Waals surface area contributed by atoms with Gasteiger partial charge in [-0.05, 0) is 38.0 Å². The highest BCUT2D eigenvalue weighted by Gasteiger charge is 2.45. The van der Waals surface area contributed by atoms with Crippen molar-refractivity contribution in [3.63, 3.8) is 0 Å². The van der Waals surface area contributed by atoms with E-state index in [1.807, 2.05) is 18.2 Å². The zero-order valence-electron chi connectivity index (χ0n) is 22.8. The van der Waals surface area contributed by atoms with Crippen LogP contribution in [0.3, 0.4) is 0 Å². The number of sulfone groups is 1. The molecule has 2 atom stereocenters. The molecule has 214 valence electrons. The third-order valence-electron chi connectivity index (χ3n) is 6.74.